The molecule has 0 spiro atoms. The van der Waals surface area contributed by atoms with Crippen LogP contribution in [0.4, 0.5) is 11.4 Å². The molecular weight excluding hydrogens is 398 g/mol. The number of carbonyl (C=O) groups excluding carboxylic acids is 2. The fourth-order valence-corrected chi connectivity index (χ4v) is 4.26. The zero-order chi connectivity index (χ0) is 21.9. The molecule has 0 aliphatic carbocycles. The van der Waals surface area contributed by atoms with E-state index in [1.807, 2.05) is 72.8 Å². The first-order chi connectivity index (χ1) is 15.7. The summed E-state index contributed by atoms with van der Waals surface area (Å²) >= 11 is 0. The lowest BCUT2D eigenvalue weighted by Gasteiger charge is -2.17. The van der Waals surface area contributed by atoms with Gasteiger partial charge in [-0.25, -0.2) is 0 Å². The normalized spacial score (nSPS) is 12.4. The second kappa shape index (κ2) is 8.63. The summed E-state index contributed by atoms with van der Waals surface area (Å²) in [5.74, 6) is -0.0313. The molecule has 2 heterocycles. The molecular formula is C27H23N3O2. The number of nitrogens with zero attached hydrogens (tertiary/aromatic N) is 2. The summed E-state index contributed by atoms with van der Waals surface area (Å²) in [5, 5.41) is 5.03. The van der Waals surface area contributed by atoms with Gasteiger partial charge in [0.15, 0.2) is 0 Å². The zero-order valence-electron chi connectivity index (χ0n) is 17.6. The van der Waals surface area contributed by atoms with Gasteiger partial charge in [0.25, 0.3) is 5.91 Å². The van der Waals surface area contributed by atoms with Crippen molar-refractivity contribution in [2.45, 2.75) is 19.3 Å². The third-order valence-electron chi connectivity index (χ3n) is 5.83. The lowest BCUT2D eigenvalue weighted by Crippen LogP contribution is -2.28. The van der Waals surface area contributed by atoms with E-state index < -0.39 is 0 Å². The summed E-state index contributed by atoms with van der Waals surface area (Å²) in [6.45, 7) is 0.519. The van der Waals surface area contributed by atoms with Crippen LogP contribution < -0.4 is 10.2 Å². The molecule has 0 fully saturated rings. The van der Waals surface area contributed by atoms with E-state index in [0.717, 1.165) is 34.1 Å². The minimum atomic E-state index is -0.0470. The fourth-order valence-electron chi connectivity index (χ4n) is 4.26. The summed E-state index contributed by atoms with van der Waals surface area (Å²) in [4.78, 5) is 31.1. The SMILES string of the molecule is O=C(CCCN1C(=O)c2cccc3cccc1c23)Nc1ccc(Cc2ccncc2)cc1. The topological polar surface area (TPSA) is 62.3 Å². The number of amides is 2. The van der Waals surface area contributed by atoms with E-state index in [1.165, 1.54) is 11.1 Å². The molecule has 4 aromatic rings. The van der Waals surface area contributed by atoms with Crippen molar-refractivity contribution in [2.24, 2.45) is 0 Å². The minimum Gasteiger partial charge on any atom is -0.326 e. The van der Waals surface area contributed by atoms with Crippen LogP contribution in [0.5, 0.6) is 0 Å². The third kappa shape index (κ3) is 3.97. The number of rotatable bonds is 7. The lowest BCUT2D eigenvalue weighted by molar-refractivity contribution is -0.116. The van der Waals surface area contributed by atoms with E-state index in [9.17, 15) is 9.59 Å². The highest BCUT2D eigenvalue weighted by atomic mass is 16.2. The number of pyridine rings is 1. The van der Waals surface area contributed by atoms with Gasteiger partial charge in [-0.2, -0.15) is 0 Å². The maximum absolute atomic E-state index is 12.8. The molecule has 1 aliphatic rings. The summed E-state index contributed by atoms with van der Waals surface area (Å²) in [6.07, 6.45) is 5.37. The van der Waals surface area contributed by atoms with Crippen molar-refractivity contribution >= 4 is 34.0 Å². The van der Waals surface area contributed by atoms with Gasteiger partial charge in [-0.05, 0) is 65.8 Å². The second-order valence-electron chi connectivity index (χ2n) is 8.02. The molecule has 2 amide bonds. The van der Waals surface area contributed by atoms with Gasteiger partial charge in [-0.15, -0.1) is 0 Å². The van der Waals surface area contributed by atoms with E-state index in [4.69, 9.17) is 0 Å². The van der Waals surface area contributed by atoms with Gasteiger partial charge in [-0.1, -0.05) is 36.4 Å². The molecule has 1 N–H and O–H groups in total. The molecule has 3 aromatic carbocycles. The number of nitrogens with one attached hydrogen (secondary N) is 1. The van der Waals surface area contributed by atoms with Crippen LogP contribution in [0.25, 0.3) is 10.8 Å². The number of aromatic nitrogens is 1. The number of hydrogen-bond acceptors (Lipinski definition) is 3. The highest BCUT2D eigenvalue weighted by Gasteiger charge is 2.28. The fraction of sp³-hybridized carbons (Fsp3) is 0.148. The van der Waals surface area contributed by atoms with E-state index in [1.54, 1.807) is 17.3 Å². The van der Waals surface area contributed by atoms with Crippen molar-refractivity contribution in [3.63, 3.8) is 0 Å². The maximum atomic E-state index is 12.8. The Morgan fingerprint density at radius 1 is 0.875 bits per heavy atom. The van der Waals surface area contributed by atoms with Crippen LogP contribution in [0.15, 0.2) is 85.2 Å². The first-order valence-corrected chi connectivity index (χ1v) is 10.8. The van der Waals surface area contributed by atoms with Crippen LogP contribution in [0.2, 0.25) is 0 Å². The van der Waals surface area contributed by atoms with Crippen LogP contribution in [0.1, 0.15) is 34.3 Å². The molecule has 1 aromatic heterocycles. The Bertz CT molecular complexity index is 1280. The smallest absolute Gasteiger partial charge is 0.258 e. The zero-order valence-corrected chi connectivity index (χ0v) is 17.6. The van der Waals surface area contributed by atoms with E-state index in [2.05, 4.69) is 10.3 Å². The Kier molecular flexibility index (Phi) is 5.38. The average molecular weight is 422 g/mol. The molecule has 0 saturated carbocycles. The molecule has 32 heavy (non-hydrogen) atoms. The Hall–Kier alpha value is -3.99. The van der Waals surface area contributed by atoms with Crippen LogP contribution in [-0.2, 0) is 11.2 Å². The van der Waals surface area contributed by atoms with Gasteiger partial charge >= 0.3 is 0 Å². The molecule has 1 aliphatic heterocycles. The Labute approximate surface area is 186 Å². The molecule has 5 heteroatoms. The average Bonchev–Trinajstić information content (AvgIpc) is 3.09. The molecule has 5 nitrogen and oxygen atoms in total. The quantitative estimate of drug-likeness (QED) is 0.446. The molecule has 0 radical (unpaired) electrons. The Morgan fingerprint density at radius 2 is 1.59 bits per heavy atom. The molecule has 0 saturated heterocycles. The van der Waals surface area contributed by atoms with Crippen molar-refractivity contribution in [3.05, 3.63) is 102 Å². The van der Waals surface area contributed by atoms with Gasteiger partial charge < -0.3 is 10.2 Å². The van der Waals surface area contributed by atoms with Crippen molar-refractivity contribution in [2.75, 3.05) is 16.8 Å². The standard InChI is InChI=1S/C27H23N3O2/c31-25(29-22-11-9-19(10-12-22)18-20-13-15-28-16-14-20)8-3-17-30-24-7-2-5-21-4-1-6-23(26(21)24)27(30)32/h1-2,4-7,9-16H,3,8,17-18H2,(H,29,31). The summed E-state index contributed by atoms with van der Waals surface area (Å²) in [7, 11) is 0. The Morgan fingerprint density at radius 3 is 2.38 bits per heavy atom. The molecule has 0 unspecified atom stereocenters. The summed E-state index contributed by atoms with van der Waals surface area (Å²) in [5.41, 5.74) is 4.84. The van der Waals surface area contributed by atoms with Crippen LogP contribution in [0.3, 0.4) is 0 Å². The molecule has 5 rings (SSSR count). The summed E-state index contributed by atoms with van der Waals surface area (Å²) < 4.78 is 0. The van der Waals surface area contributed by atoms with Crippen LogP contribution in [-0.4, -0.2) is 23.3 Å². The van der Waals surface area contributed by atoms with Gasteiger partial charge in [0.1, 0.15) is 0 Å². The number of benzene rings is 3. The van der Waals surface area contributed by atoms with Gasteiger partial charge in [0.05, 0.1) is 5.69 Å². The van der Waals surface area contributed by atoms with Gasteiger partial charge in [-0.3, -0.25) is 14.6 Å². The summed E-state index contributed by atoms with van der Waals surface area (Å²) in [6, 6.07) is 23.7. The van der Waals surface area contributed by atoms with Crippen molar-refractivity contribution in [3.8, 4) is 0 Å². The minimum absolute atomic E-state index is 0.0157. The highest BCUT2D eigenvalue weighted by molar-refractivity contribution is 6.25. The number of anilines is 2. The first kappa shape index (κ1) is 19.9. The van der Waals surface area contributed by atoms with E-state index >= 15 is 0 Å². The number of hydrogen-bond donors (Lipinski definition) is 1. The van der Waals surface area contributed by atoms with E-state index in [0.29, 0.717) is 19.4 Å². The van der Waals surface area contributed by atoms with Crippen molar-refractivity contribution in [1.29, 1.82) is 0 Å². The molecule has 0 atom stereocenters. The highest BCUT2D eigenvalue weighted by Crippen LogP contribution is 2.37. The Balaban J connectivity index is 1.15. The predicted octanol–water partition coefficient (Wildman–Crippen LogP) is 5.20. The van der Waals surface area contributed by atoms with Crippen molar-refractivity contribution < 1.29 is 9.59 Å². The van der Waals surface area contributed by atoms with Crippen LogP contribution in [0, 0.1) is 0 Å². The van der Waals surface area contributed by atoms with Crippen LogP contribution >= 0.6 is 0 Å². The molecule has 0 bridgehead atoms. The third-order valence-corrected chi connectivity index (χ3v) is 5.83. The predicted molar refractivity (Wildman–Crippen MR) is 127 cm³/mol. The monoisotopic (exact) mass is 421 g/mol. The largest absolute Gasteiger partial charge is 0.326 e. The molecule has 158 valence electrons. The lowest BCUT2D eigenvalue weighted by atomic mass is 10.1. The second-order valence-corrected chi connectivity index (χ2v) is 8.02. The van der Waals surface area contributed by atoms with Gasteiger partial charge in [0.2, 0.25) is 5.91 Å². The first-order valence-electron chi connectivity index (χ1n) is 10.8. The number of carbonyl (C=O) groups is 2. The van der Waals surface area contributed by atoms with E-state index in [-0.39, 0.29) is 11.8 Å². The maximum Gasteiger partial charge on any atom is 0.258 e. The van der Waals surface area contributed by atoms with Gasteiger partial charge in [0, 0.05) is 42.0 Å². The van der Waals surface area contributed by atoms with Crippen molar-refractivity contribution in [1.82, 2.24) is 4.98 Å².